The quantitative estimate of drug-likeness (QED) is 0.608. The van der Waals surface area contributed by atoms with Gasteiger partial charge in [0.15, 0.2) is 0 Å². The van der Waals surface area contributed by atoms with Crippen molar-refractivity contribution in [1.29, 1.82) is 0 Å². The molecule has 2 N–H and O–H groups in total. The van der Waals surface area contributed by atoms with Crippen LogP contribution in [0, 0.1) is 29.6 Å². The van der Waals surface area contributed by atoms with Crippen LogP contribution in [0.25, 0.3) is 0 Å². The summed E-state index contributed by atoms with van der Waals surface area (Å²) in [6, 6.07) is 0. The summed E-state index contributed by atoms with van der Waals surface area (Å²) in [6.45, 7) is 13.1. The largest absolute Gasteiger partial charge is 0.394 e. The third-order valence-corrected chi connectivity index (χ3v) is 3.43. The van der Waals surface area contributed by atoms with Crippen LogP contribution in [0.4, 0.5) is 0 Å². The first-order chi connectivity index (χ1) is 10.3. The number of aliphatic hydroxyl groups is 2. The molecule has 0 aromatic carbocycles. The third kappa shape index (κ3) is 8.75. The normalized spacial score (nSPS) is 17.0. The molecule has 0 aromatic heterocycles. The highest BCUT2D eigenvalue weighted by molar-refractivity contribution is 5.16. The molecule has 0 saturated carbocycles. The molecule has 3 unspecified atom stereocenters. The van der Waals surface area contributed by atoms with E-state index in [-0.39, 0.29) is 25.2 Å². The molecule has 0 aliphatic heterocycles. The van der Waals surface area contributed by atoms with Crippen molar-refractivity contribution >= 4 is 0 Å². The zero-order valence-electron chi connectivity index (χ0n) is 15.1. The Hall–Kier alpha value is -0.600. The molecule has 0 amide bonds. The molecule has 0 bridgehead atoms. The van der Waals surface area contributed by atoms with Crippen molar-refractivity contribution in [2.24, 2.45) is 17.8 Å². The first kappa shape index (κ1) is 21.4. The zero-order chi connectivity index (χ0) is 17.2. The molecule has 0 aromatic rings. The maximum atomic E-state index is 8.98. The van der Waals surface area contributed by atoms with Gasteiger partial charge < -0.3 is 19.7 Å². The van der Waals surface area contributed by atoms with Crippen LogP contribution in [-0.2, 0) is 9.47 Å². The van der Waals surface area contributed by atoms with Gasteiger partial charge in [-0.3, -0.25) is 0 Å². The van der Waals surface area contributed by atoms with Gasteiger partial charge >= 0.3 is 0 Å². The monoisotopic (exact) mass is 314 g/mol. The molecule has 22 heavy (non-hydrogen) atoms. The molecule has 0 spiro atoms. The Balaban J connectivity index is 4.98. The average molecular weight is 314 g/mol. The van der Waals surface area contributed by atoms with E-state index in [0.29, 0.717) is 25.0 Å². The fraction of sp³-hybridized carbons (Fsp3) is 0.889. The fourth-order valence-corrected chi connectivity index (χ4v) is 2.65. The second-order valence-corrected chi connectivity index (χ2v) is 6.76. The predicted molar refractivity (Wildman–Crippen MR) is 89.5 cm³/mol. The lowest BCUT2D eigenvalue weighted by molar-refractivity contribution is -0.0207. The van der Waals surface area contributed by atoms with Crippen molar-refractivity contribution in [2.45, 2.75) is 59.7 Å². The molecule has 130 valence electrons. The van der Waals surface area contributed by atoms with Crippen molar-refractivity contribution in [3.05, 3.63) is 0 Å². The molecule has 4 nitrogen and oxygen atoms in total. The van der Waals surface area contributed by atoms with Crippen molar-refractivity contribution in [2.75, 3.05) is 26.4 Å². The van der Waals surface area contributed by atoms with Gasteiger partial charge in [0.25, 0.3) is 0 Å². The number of hydrogen-bond donors (Lipinski definition) is 2. The van der Waals surface area contributed by atoms with Gasteiger partial charge in [0, 0.05) is 5.92 Å². The van der Waals surface area contributed by atoms with Crippen LogP contribution < -0.4 is 0 Å². The molecular weight excluding hydrogens is 280 g/mol. The van der Waals surface area contributed by atoms with Crippen LogP contribution in [0.15, 0.2) is 0 Å². The molecule has 0 saturated heterocycles. The minimum Gasteiger partial charge on any atom is -0.394 e. The highest BCUT2D eigenvalue weighted by Crippen LogP contribution is 2.22. The molecular formula is C18H34O4. The minimum atomic E-state index is -0.552. The van der Waals surface area contributed by atoms with Crippen LogP contribution in [0.1, 0.15) is 48.0 Å². The van der Waals surface area contributed by atoms with Gasteiger partial charge in [0.2, 0.25) is 0 Å². The first-order valence-electron chi connectivity index (χ1n) is 8.25. The summed E-state index contributed by atoms with van der Waals surface area (Å²) in [7, 11) is 0. The molecule has 0 aliphatic rings. The van der Waals surface area contributed by atoms with Crippen LogP contribution in [-0.4, -0.2) is 48.3 Å². The summed E-state index contributed by atoms with van der Waals surface area (Å²) in [5.41, 5.74) is -0.552. The van der Waals surface area contributed by atoms with Gasteiger partial charge in [0.05, 0.1) is 32.5 Å². The molecule has 0 heterocycles. The standard InChI is InChI=1S/C18H34O4/c1-14(2)13-18(6,22-12-10-20)8-7-16(5)17(15(3)4)21-11-9-19/h14-17,19-20H,9-13H2,1-6H3. The van der Waals surface area contributed by atoms with Crippen molar-refractivity contribution in [3.63, 3.8) is 0 Å². The molecule has 0 rings (SSSR count). The van der Waals surface area contributed by atoms with E-state index in [1.165, 1.54) is 0 Å². The summed E-state index contributed by atoms with van der Waals surface area (Å²) in [5, 5.41) is 17.9. The van der Waals surface area contributed by atoms with E-state index in [2.05, 4.69) is 39.5 Å². The van der Waals surface area contributed by atoms with Crippen molar-refractivity contribution in [3.8, 4) is 11.8 Å². The maximum Gasteiger partial charge on any atom is 0.126 e. The number of ether oxygens (including phenoxy) is 2. The van der Waals surface area contributed by atoms with Gasteiger partial charge in [-0.05, 0) is 32.1 Å². The van der Waals surface area contributed by atoms with E-state index in [9.17, 15) is 0 Å². The smallest absolute Gasteiger partial charge is 0.126 e. The van der Waals surface area contributed by atoms with Crippen molar-refractivity contribution in [1.82, 2.24) is 0 Å². The second-order valence-electron chi connectivity index (χ2n) is 6.76. The van der Waals surface area contributed by atoms with Gasteiger partial charge in [0.1, 0.15) is 5.60 Å². The van der Waals surface area contributed by atoms with Crippen LogP contribution in [0.3, 0.4) is 0 Å². The van der Waals surface area contributed by atoms with E-state index in [0.717, 1.165) is 6.42 Å². The Morgan fingerprint density at radius 3 is 2.05 bits per heavy atom. The molecule has 0 radical (unpaired) electrons. The Bertz CT molecular complexity index is 343. The maximum absolute atomic E-state index is 8.98. The SMILES string of the molecule is CC(C)CC(C)(C#CC(C)C(OCCO)C(C)C)OCCO. The Kier molecular flexibility index (Phi) is 10.7. The van der Waals surface area contributed by atoms with Gasteiger partial charge in [-0.2, -0.15) is 0 Å². The zero-order valence-corrected chi connectivity index (χ0v) is 15.1. The van der Waals surface area contributed by atoms with Crippen LogP contribution >= 0.6 is 0 Å². The topological polar surface area (TPSA) is 58.9 Å². The highest BCUT2D eigenvalue weighted by atomic mass is 16.5. The lowest BCUT2D eigenvalue weighted by Crippen LogP contribution is -2.32. The van der Waals surface area contributed by atoms with Crippen molar-refractivity contribution < 1.29 is 19.7 Å². The lowest BCUT2D eigenvalue weighted by Gasteiger charge is -2.27. The summed E-state index contributed by atoms with van der Waals surface area (Å²) in [5.74, 6) is 7.35. The van der Waals surface area contributed by atoms with Gasteiger partial charge in [-0.1, -0.05) is 39.5 Å². The van der Waals surface area contributed by atoms with E-state index in [1.54, 1.807) is 0 Å². The number of aliphatic hydroxyl groups excluding tert-OH is 2. The van der Waals surface area contributed by atoms with E-state index in [4.69, 9.17) is 19.7 Å². The Morgan fingerprint density at radius 1 is 1.00 bits per heavy atom. The number of rotatable bonds is 10. The van der Waals surface area contributed by atoms with Gasteiger partial charge in [-0.15, -0.1) is 0 Å². The minimum absolute atomic E-state index is 0.000844. The second kappa shape index (κ2) is 11.0. The van der Waals surface area contributed by atoms with Crippen LogP contribution in [0.5, 0.6) is 0 Å². The highest BCUT2D eigenvalue weighted by Gasteiger charge is 2.25. The van der Waals surface area contributed by atoms with E-state index >= 15 is 0 Å². The first-order valence-corrected chi connectivity index (χ1v) is 8.25. The Morgan fingerprint density at radius 2 is 1.59 bits per heavy atom. The summed E-state index contributed by atoms with van der Waals surface area (Å²) >= 11 is 0. The van der Waals surface area contributed by atoms with E-state index < -0.39 is 5.60 Å². The summed E-state index contributed by atoms with van der Waals surface area (Å²) in [4.78, 5) is 0. The number of hydrogen-bond acceptors (Lipinski definition) is 4. The molecule has 4 heteroatoms. The summed E-state index contributed by atoms with van der Waals surface area (Å²) in [6.07, 6.45) is 0.803. The third-order valence-electron chi connectivity index (χ3n) is 3.43. The van der Waals surface area contributed by atoms with Crippen LogP contribution in [0.2, 0.25) is 0 Å². The molecule has 0 fully saturated rings. The fourth-order valence-electron chi connectivity index (χ4n) is 2.65. The lowest BCUT2D eigenvalue weighted by atomic mass is 9.91. The van der Waals surface area contributed by atoms with Gasteiger partial charge in [-0.25, -0.2) is 0 Å². The molecule has 3 atom stereocenters. The predicted octanol–water partition coefficient (Wildman–Crippen LogP) is 2.47. The van der Waals surface area contributed by atoms with E-state index in [1.807, 2.05) is 13.8 Å². The Labute approximate surface area is 136 Å². The average Bonchev–Trinajstić information content (AvgIpc) is 2.42. The molecule has 0 aliphatic carbocycles. The summed E-state index contributed by atoms with van der Waals surface area (Å²) < 4.78 is 11.5.